The van der Waals surface area contributed by atoms with E-state index < -0.39 is 0 Å². The third-order valence-corrected chi connectivity index (χ3v) is 9.79. The largest absolute Gasteiger partial charge is 0.351 e. The lowest BCUT2D eigenvalue weighted by Crippen LogP contribution is -2.54. The van der Waals surface area contributed by atoms with Crippen LogP contribution in [-0.2, 0) is 0 Å². The Balaban J connectivity index is 0.847. The second-order valence-corrected chi connectivity index (χ2v) is 12.6. The Morgan fingerprint density at radius 3 is 2.26 bits per heavy atom. The summed E-state index contributed by atoms with van der Waals surface area (Å²) in [4.78, 5) is 24.7. The molecule has 3 saturated carbocycles. The maximum absolute atomic E-state index is 12.8. The highest BCUT2D eigenvalue weighted by Gasteiger charge is 2.47. The topological polar surface area (TPSA) is 123 Å². The number of nitrogens with zero attached hydrogens (tertiary/aromatic N) is 4. The number of hydrogen-bond donors (Lipinski definition) is 5. The van der Waals surface area contributed by atoms with Gasteiger partial charge >= 0.3 is 6.03 Å². The molecule has 210 valence electrons. The Labute approximate surface area is 230 Å². The van der Waals surface area contributed by atoms with Crippen LogP contribution >= 0.6 is 0 Å². The molecule has 2 aromatic heterocycles. The summed E-state index contributed by atoms with van der Waals surface area (Å²) in [5, 5.41) is 21.0. The van der Waals surface area contributed by atoms with E-state index in [0.717, 1.165) is 56.2 Å². The van der Waals surface area contributed by atoms with Gasteiger partial charge in [0.2, 0.25) is 5.95 Å². The fourth-order valence-electron chi connectivity index (χ4n) is 7.75. The molecule has 2 aliphatic heterocycles. The first-order chi connectivity index (χ1) is 19.2. The summed E-state index contributed by atoms with van der Waals surface area (Å²) >= 11 is 0. The summed E-state index contributed by atoms with van der Waals surface area (Å²) in [6, 6.07) is 7.08. The number of hydrogen-bond acceptors (Lipinski definition) is 7. The average molecular weight is 534 g/mol. The summed E-state index contributed by atoms with van der Waals surface area (Å²) in [6.07, 6.45) is 18.4. The first kappa shape index (κ1) is 25.1. The van der Waals surface area contributed by atoms with Crippen molar-refractivity contribution in [3.05, 3.63) is 24.0 Å². The second kappa shape index (κ2) is 10.9. The number of carbonyl (C=O) groups is 1. The lowest BCUT2D eigenvalue weighted by atomic mass is 9.91. The fraction of sp³-hybridized carbons (Fsp3) is 0.724. The van der Waals surface area contributed by atoms with E-state index in [1.165, 1.54) is 57.1 Å². The SMILES string of the molecule is O=C(NC1CC2CCC(C1)N2C1CC1)N[C@H]1CC[C@H](Nc2nccc(Nc3cc(C4CCCC4)[nH]n3)n2)CC1. The molecule has 5 N–H and O–H groups in total. The lowest BCUT2D eigenvalue weighted by molar-refractivity contribution is 0.110. The van der Waals surface area contributed by atoms with Crippen LogP contribution in [0.3, 0.4) is 0 Å². The van der Waals surface area contributed by atoms with E-state index in [1.807, 2.05) is 6.07 Å². The smallest absolute Gasteiger partial charge is 0.315 e. The zero-order chi connectivity index (χ0) is 26.2. The van der Waals surface area contributed by atoms with Crippen molar-refractivity contribution in [3.8, 4) is 0 Å². The molecule has 10 nitrogen and oxygen atoms in total. The molecule has 2 atom stereocenters. The van der Waals surface area contributed by atoms with E-state index in [2.05, 4.69) is 52.4 Å². The van der Waals surface area contributed by atoms with Gasteiger partial charge in [-0.2, -0.15) is 10.1 Å². The lowest BCUT2D eigenvalue weighted by Gasteiger charge is -2.39. The van der Waals surface area contributed by atoms with Crippen LogP contribution in [0.25, 0.3) is 0 Å². The number of aromatic nitrogens is 4. The van der Waals surface area contributed by atoms with Crippen molar-refractivity contribution < 1.29 is 4.79 Å². The van der Waals surface area contributed by atoms with Crippen LogP contribution in [0.2, 0.25) is 0 Å². The van der Waals surface area contributed by atoms with Crippen LogP contribution < -0.4 is 21.3 Å². The van der Waals surface area contributed by atoms with Gasteiger partial charge in [-0.05, 0) is 83.1 Å². The first-order valence-electron chi connectivity index (χ1n) is 15.4. The number of nitrogens with one attached hydrogen (secondary N) is 5. The van der Waals surface area contributed by atoms with Gasteiger partial charge in [0.15, 0.2) is 5.82 Å². The molecule has 5 aliphatic rings. The molecular formula is C29H43N9O. The number of piperidine rings is 1. The Hall–Kier alpha value is -2.88. The van der Waals surface area contributed by atoms with Crippen molar-refractivity contribution in [3.63, 3.8) is 0 Å². The summed E-state index contributed by atoms with van der Waals surface area (Å²) in [7, 11) is 0. The molecule has 0 spiro atoms. The van der Waals surface area contributed by atoms with Crippen molar-refractivity contribution in [1.29, 1.82) is 0 Å². The number of aromatic amines is 1. The van der Waals surface area contributed by atoms with Crippen molar-refractivity contribution >= 4 is 23.6 Å². The van der Waals surface area contributed by atoms with Gasteiger partial charge in [0.1, 0.15) is 5.82 Å². The molecule has 10 heteroatoms. The highest BCUT2D eigenvalue weighted by molar-refractivity contribution is 5.74. The van der Waals surface area contributed by atoms with E-state index >= 15 is 0 Å². The number of urea groups is 1. The monoisotopic (exact) mass is 533 g/mol. The molecule has 4 heterocycles. The fourth-order valence-corrected chi connectivity index (χ4v) is 7.75. The normalized spacial score (nSPS) is 31.2. The molecule has 3 aliphatic carbocycles. The van der Waals surface area contributed by atoms with Gasteiger partial charge in [-0.3, -0.25) is 10.00 Å². The van der Waals surface area contributed by atoms with Crippen LogP contribution in [0.1, 0.15) is 102 Å². The third kappa shape index (κ3) is 5.85. The van der Waals surface area contributed by atoms with Gasteiger partial charge in [0.05, 0.1) is 0 Å². The molecule has 7 rings (SSSR count). The van der Waals surface area contributed by atoms with Gasteiger partial charge < -0.3 is 21.3 Å². The summed E-state index contributed by atoms with van der Waals surface area (Å²) in [5.74, 6) is 2.77. The van der Waals surface area contributed by atoms with E-state index in [-0.39, 0.29) is 12.1 Å². The first-order valence-corrected chi connectivity index (χ1v) is 15.4. The zero-order valence-corrected chi connectivity index (χ0v) is 22.9. The molecule has 2 aromatic rings. The van der Waals surface area contributed by atoms with Crippen LogP contribution in [0.15, 0.2) is 18.3 Å². The summed E-state index contributed by atoms with van der Waals surface area (Å²) < 4.78 is 0. The quantitative estimate of drug-likeness (QED) is 0.331. The molecule has 5 fully saturated rings. The van der Waals surface area contributed by atoms with E-state index in [9.17, 15) is 4.79 Å². The van der Waals surface area contributed by atoms with Gasteiger partial charge in [-0.15, -0.1) is 0 Å². The van der Waals surface area contributed by atoms with Crippen LogP contribution in [0.4, 0.5) is 22.4 Å². The molecule has 0 aromatic carbocycles. The number of amides is 2. The number of fused-ring (bicyclic) bond motifs is 2. The average Bonchev–Trinajstić information content (AvgIpc) is 3.29. The van der Waals surface area contributed by atoms with Crippen molar-refractivity contribution in [2.45, 2.75) is 132 Å². The second-order valence-electron chi connectivity index (χ2n) is 12.6. The number of rotatable bonds is 8. The van der Waals surface area contributed by atoms with Gasteiger partial charge in [-0.25, -0.2) is 9.78 Å². The Bertz CT molecular complexity index is 1120. The Morgan fingerprint density at radius 2 is 1.51 bits per heavy atom. The molecule has 2 bridgehead atoms. The standard InChI is InChI=1S/C29H43N9O/c39-29(33-21-15-23-11-12-24(16-21)38(23)22-9-10-22)32-20-7-5-19(6-8-20)31-28-30-14-13-26(35-28)34-27-17-25(36-37-27)18-3-1-2-4-18/h13-14,17-24H,1-12,15-16H2,(H2,32,33,39)(H3,30,31,34,35,36,37)/t19-,20-,21?,23?,24?. The van der Waals surface area contributed by atoms with Gasteiger partial charge in [-0.1, -0.05) is 12.8 Å². The zero-order valence-electron chi connectivity index (χ0n) is 22.9. The predicted octanol–water partition coefficient (Wildman–Crippen LogP) is 4.78. The highest BCUT2D eigenvalue weighted by Crippen LogP contribution is 2.43. The van der Waals surface area contributed by atoms with E-state index in [4.69, 9.17) is 0 Å². The minimum absolute atomic E-state index is 0.0206. The number of carbonyl (C=O) groups excluding carboxylic acids is 1. The van der Waals surface area contributed by atoms with Crippen LogP contribution in [0.5, 0.6) is 0 Å². The molecular weight excluding hydrogens is 490 g/mol. The van der Waals surface area contributed by atoms with Crippen molar-refractivity contribution in [1.82, 2.24) is 35.7 Å². The van der Waals surface area contributed by atoms with E-state index in [1.54, 1.807) is 6.20 Å². The van der Waals surface area contributed by atoms with Gasteiger partial charge in [0.25, 0.3) is 0 Å². The maximum Gasteiger partial charge on any atom is 0.315 e. The van der Waals surface area contributed by atoms with Crippen LogP contribution in [-0.4, -0.2) is 67.3 Å². The van der Waals surface area contributed by atoms with Crippen LogP contribution in [0, 0.1) is 0 Å². The van der Waals surface area contributed by atoms with Crippen molar-refractivity contribution in [2.24, 2.45) is 0 Å². The molecule has 0 radical (unpaired) electrons. The van der Waals surface area contributed by atoms with Gasteiger partial charge in [0, 0.05) is 60.1 Å². The third-order valence-electron chi connectivity index (χ3n) is 9.79. The highest BCUT2D eigenvalue weighted by atomic mass is 16.2. The summed E-state index contributed by atoms with van der Waals surface area (Å²) in [6.45, 7) is 0. The number of H-pyrrole nitrogens is 1. The minimum Gasteiger partial charge on any atom is -0.351 e. The Kier molecular flexibility index (Phi) is 7.05. The van der Waals surface area contributed by atoms with Crippen molar-refractivity contribution in [2.75, 3.05) is 10.6 Å². The van der Waals surface area contributed by atoms with E-state index in [0.29, 0.717) is 36.0 Å². The molecule has 2 unspecified atom stereocenters. The molecule has 2 amide bonds. The molecule has 2 saturated heterocycles. The minimum atomic E-state index is 0.0206. The maximum atomic E-state index is 12.8. The predicted molar refractivity (Wildman–Crippen MR) is 151 cm³/mol. The molecule has 39 heavy (non-hydrogen) atoms. The number of anilines is 3. The Morgan fingerprint density at radius 1 is 0.821 bits per heavy atom. The summed E-state index contributed by atoms with van der Waals surface area (Å²) in [5.41, 5.74) is 1.22.